The van der Waals surface area contributed by atoms with Crippen LogP contribution in [0.15, 0.2) is 97.5 Å². The summed E-state index contributed by atoms with van der Waals surface area (Å²) in [6.45, 7) is 5.85. The molecule has 48 heavy (non-hydrogen) atoms. The van der Waals surface area contributed by atoms with E-state index in [0.29, 0.717) is 44.5 Å². The minimum absolute atomic E-state index is 0.314. The predicted octanol–water partition coefficient (Wildman–Crippen LogP) is 5.58. The van der Waals surface area contributed by atoms with Crippen molar-refractivity contribution in [2.24, 2.45) is 0 Å². The van der Waals surface area contributed by atoms with Crippen LogP contribution >= 0.6 is 0 Å². The van der Waals surface area contributed by atoms with E-state index >= 15 is 0 Å². The molecule has 2 aromatic heterocycles. The fourth-order valence-corrected chi connectivity index (χ4v) is 5.79. The van der Waals surface area contributed by atoms with Gasteiger partial charge in [-0.15, -0.1) is 0 Å². The number of hydrogen-bond donors (Lipinski definition) is 5. The number of likely N-dealkylation sites (N-methyl/N-ethyl adjacent to an activating group) is 1. The number of hydrogen-bond acceptors (Lipinski definition) is 7. The van der Waals surface area contributed by atoms with Crippen LogP contribution < -0.4 is 26.0 Å². The summed E-state index contributed by atoms with van der Waals surface area (Å²) in [7, 11) is 1.70. The first kappa shape index (κ1) is 34.3. The van der Waals surface area contributed by atoms with Crippen LogP contribution in [-0.4, -0.2) is 46.1 Å². The van der Waals surface area contributed by atoms with E-state index in [-0.39, 0.29) is 17.9 Å². The van der Waals surface area contributed by atoms with Gasteiger partial charge < -0.3 is 25.7 Å². The van der Waals surface area contributed by atoms with Gasteiger partial charge in [-0.05, 0) is 85.8 Å². The molecule has 0 aliphatic carbocycles. The van der Waals surface area contributed by atoms with E-state index in [1.807, 2.05) is 55.5 Å². The monoisotopic (exact) mass is 647 g/mol. The third-order valence-electron chi connectivity index (χ3n) is 8.45. The molecule has 0 bridgehead atoms. The quantitative estimate of drug-likeness (QED) is 0.0833. The van der Waals surface area contributed by atoms with Crippen molar-refractivity contribution in [2.45, 2.75) is 64.3 Å². The van der Waals surface area contributed by atoms with E-state index in [2.05, 4.69) is 61.3 Å². The van der Waals surface area contributed by atoms with Gasteiger partial charge in [0.15, 0.2) is 5.66 Å². The summed E-state index contributed by atoms with van der Waals surface area (Å²) in [6.07, 6.45) is 7.61. The van der Waals surface area contributed by atoms with Crippen LogP contribution in [0.2, 0.25) is 0 Å². The fraction of sp³-hybridized carbons (Fsp3) is 0.316. The molecule has 0 aliphatic rings. The second-order valence-electron chi connectivity index (χ2n) is 11.9. The van der Waals surface area contributed by atoms with E-state index in [9.17, 15) is 9.59 Å². The lowest BCUT2D eigenvalue weighted by Crippen LogP contribution is -2.66. The number of carbonyl (C=O) groups excluding carboxylic acids is 2. The molecular formula is C38H45N7O3. The number of nitrogens with one attached hydrogen (secondary N) is 5. The number of rotatable bonds is 17. The van der Waals surface area contributed by atoms with Gasteiger partial charge in [-0.3, -0.25) is 19.9 Å². The summed E-state index contributed by atoms with van der Waals surface area (Å²) in [4.78, 5) is 39.9. The number of amides is 2. The van der Waals surface area contributed by atoms with Crippen molar-refractivity contribution in [3.63, 3.8) is 0 Å². The lowest BCUT2D eigenvalue weighted by molar-refractivity contribution is -0.129. The number of benzene rings is 3. The van der Waals surface area contributed by atoms with E-state index in [1.165, 1.54) is 0 Å². The molecule has 0 spiro atoms. The van der Waals surface area contributed by atoms with Crippen LogP contribution in [0.25, 0.3) is 10.8 Å². The van der Waals surface area contributed by atoms with Crippen LogP contribution in [-0.2, 0) is 24.3 Å². The van der Waals surface area contributed by atoms with Gasteiger partial charge in [0.05, 0.1) is 24.9 Å². The number of aromatic nitrogens is 3. The molecule has 5 N–H and O–H groups in total. The number of carbonyl (C=O) groups is 2. The van der Waals surface area contributed by atoms with Gasteiger partial charge >= 0.3 is 0 Å². The van der Waals surface area contributed by atoms with Gasteiger partial charge in [-0.25, -0.2) is 4.98 Å². The molecule has 5 aromatic rings. The SMILES string of the molecule is CCCOc1cccnc1CCC[C@](NC)(NC(=O)c1ccc(CNCc2ncc[nH]2)cc1)C(=O)N[C@@H](C)c1cccc2ccccc12. The Hall–Kier alpha value is -5.06. The summed E-state index contributed by atoms with van der Waals surface area (Å²) in [6, 6.07) is 25.0. The zero-order chi connectivity index (χ0) is 33.8. The molecule has 250 valence electrons. The maximum atomic E-state index is 14.3. The van der Waals surface area contributed by atoms with Gasteiger partial charge in [0.2, 0.25) is 0 Å². The molecule has 0 saturated heterocycles. The van der Waals surface area contributed by atoms with E-state index < -0.39 is 5.66 Å². The average Bonchev–Trinajstić information content (AvgIpc) is 3.64. The molecule has 2 amide bonds. The molecule has 5 rings (SSSR count). The summed E-state index contributed by atoms with van der Waals surface area (Å²) in [5, 5.41) is 15.0. The Morgan fingerprint density at radius 1 is 0.938 bits per heavy atom. The third kappa shape index (κ3) is 8.64. The number of fused-ring (bicyclic) bond motifs is 1. The van der Waals surface area contributed by atoms with Gasteiger partial charge in [0.1, 0.15) is 11.6 Å². The van der Waals surface area contributed by atoms with Crippen molar-refractivity contribution in [3.8, 4) is 5.75 Å². The molecule has 0 aliphatic heterocycles. The molecule has 0 radical (unpaired) electrons. The minimum Gasteiger partial charge on any atom is -0.492 e. The fourth-order valence-electron chi connectivity index (χ4n) is 5.79. The smallest absolute Gasteiger partial charge is 0.261 e. The summed E-state index contributed by atoms with van der Waals surface area (Å²) >= 11 is 0. The van der Waals surface area contributed by atoms with E-state index in [4.69, 9.17) is 4.74 Å². The molecule has 0 fully saturated rings. The second kappa shape index (κ2) is 16.7. The highest BCUT2D eigenvalue weighted by molar-refractivity contribution is 5.99. The van der Waals surface area contributed by atoms with Crippen molar-refractivity contribution in [1.29, 1.82) is 0 Å². The Balaban J connectivity index is 1.33. The Bertz CT molecular complexity index is 1770. The van der Waals surface area contributed by atoms with Crippen molar-refractivity contribution < 1.29 is 14.3 Å². The topological polar surface area (TPSA) is 133 Å². The Labute approximate surface area is 282 Å². The van der Waals surface area contributed by atoms with Crippen LogP contribution in [0, 0.1) is 0 Å². The van der Waals surface area contributed by atoms with Crippen molar-refractivity contribution in [1.82, 2.24) is 36.2 Å². The van der Waals surface area contributed by atoms with Crippen molar-refractivity contribution in [2.75, 3.05) is 13.7 Å². The summed E-state index contributed by atoms with van der Waals surface area (Å²) < 4.78 is 5.92. The maximum Gasteiger partial charge on any atom is 0.261 e. The molecule has 2 atom stereocenters. The third-order valence-corrected chi connectivity index (χ3v) is 8.45. The maximum absolute atomic E-state index is 14.3. The molecular weight excluding hydrogens is 602 g/mol. The van der Waals surface area contributed by atoms with Gasteiger partial charge in [-0.2, -0.15) is 0 Å². The highest BCUT2D eigenvalue weighted by Crippen LogP contribution is 2.26. The Morgan fingerprint density at radius 2 is 1.75 bits per heavy atom. The second-order valence-corrected chi connectivity index (χ2v) is 11.9. The molecule has 0 unspecified atom stereocenters. The zero-order valence-electron chi connectivity index (χ0n) is 27.9. The highest BCUT2D eigenvalue weighted by Gasteiger charge is 2.39. The first-order valence-corrected chi connectivity index (χ1v) is 16.6. The van der Waals surface area contributed by atoms with Gasteiger partial charge in [-0.1, -0.05) is 61.5 Å². The lowest BCUT2D eigenvalue weighted by atomic mass is 9.96. The summed E-state index contributed by atoms with van der Waals surface area (Å²) in [5.41, 5.74) is 1.91. The summed E-state index contributed by atoms with van der Waals surface area (Å²) in [5.74, 6) is 0.930. The first-order valence-electron chi connectivity index (χ1n) is 16.6. The number of ether oxygens (including phenoxy) is 1. The number of nitrogens with zero attached hydrogens (tertiary/aromatic N) is 2. The predicted molar refractivity (Wildman–Crippen MR) is 188 cm³/mol. The number of imidazole rings is 1. The van der Waals surface area contributed by atoms with E-state index in [0.717, 1.165) is 45.6 Å². The molecule has 3 aromatic carbocycles. The van der Waals surface area contributed by atoms with Crippen LogP contribution in [0.4, 0.5) is 0 Å². The first-order chi connectivity index (χ1) is 23.4. The lowest BCUT2D eigenvalue weighted by Gasteiger charge is -2.34. The minimum atomic E-state index is -1.39. The average molecular weight is 648 g/mol. The number of aromatic amines is 1. The van der Waals surface area contributed by atoms with Crippen molar-refractivity contribution in [3.05, 3.63) is 126 Å². The normalized spacial score (nSPS) is 13.1. The van der Waals surface area contributed by atoms with Crippen LogP contribution in [0.5, 0.6) is 5.75 Å². The molecule has 0 saturated carbocycles. The molecule has 2 heterocycles. The Morgan fingerprint density at radius 3 is 2.52 bits per heavy atom. The number of aryl methyl sites for hydroxylation is 1. The standard InChI is InChI=1S/C38H45N7O3/c1-4-24-48-34-15-9-21-41-33(34)14-8-20-38(39-3,37(47)44-27(2)31-13-7-11-29-10-5-6-12-32(29)31)45-36(46)30-18-16-28(17-19-30)25-40-26-35-42-22-23-43-35/h5-7,9-13,15-19,21-23,27,39-40H,4,8,14,20,24-26H2,1-3H3,(H,42,43)(H,44,47)(H,45,46)/t27-,38-/m0/s1. The Kier molecular flexibility index (Phi) is 11.9. The van der Waals surface area contributed by atoms with Crippen LogP contribution in [0.3, 0.4) is 0 Å². The molecule has 10 heteroatoms. The largest absolute Gasteiger partial charge is 0.492 e. The number of H-pyrrole nitrogens is 1. The van der Waals surface area contributed by atoms with E-state index in [1.54, 1.807) is 37.8 Å². The van der Waals surface area contributed by atoms with Crippen LogP contribution in [0.1, 0.15) is 72.2 Å². The highest BCUT2D eigenvalue weighted by atomic mass is 16.5. The van der Waals surface area contributed by atoms with Gasteiger partial charge in [0, 0.05) is 30.7 Å². The van der Waals surface area contributed by atoms with Crippen molar-refractivity contribution >= 4 is 22.6 Å². The molecule has 10 nitrogen and oxygen atoms in total. The zero-order valence-corrected chi connectivity index (χ0v) is 27.9. The van der Waals surface area contributed by atoms with Gasteiger partial charge in [0.25, 0.3) is 11.8 Å². The number of pyridine rings is 1.